The summed E-state index contributed by atoms with van der Waals surface area (Å²) in [5.74, 6) is 1.66. The summed E-state index contributed by atoms with van der Waals surface area (Å²) >= 11 is 5.56. The molecule has 1 nitrogen and oxygen atoms in total. The molecular formula is C5H6ClOP. The molecule has 0 N–H and O–H groups in total. The van der Waals surface area contributed by atoms with Crippen molar-refractivity contribution < 1.29 is 4.57 Å². The largest absolute Gasteiger partial charge is 0.317 e. The topological polar surface area (TPSA) is 17.1 Å². The van der Waals surface area contributed by atoms with Crippen molar-refractivity contribution >= 4 is 19.4 Å². The van der Waals surface area contributed by atoms with Crippen molar-refractivity contribution in [2.45, 2.75) is 6.92 Å². The lowest BCUT2D eigenvalue weighted by Gasteiger charge is -1.85. The lowest BCUT2D eigenvalue weighted by molar-refractivity contribution is 0.597. The molecule has 0 aromatic carbocycles. The van der Waals surface area contributed by atoms with Crippen LogP contribution in [0.5, 0.6) is 0 Å². The second kappa shape index (κ2) is 2.08. The van der Waals surface area contributed by atoms with Crippen LogP contribution in [-0.2, 0) is 4.57 Å². The molecule has 0 aromatic rings. The second-order valence-corrected chi connectivity index (χ2v) is 3.95. The van der Waals surface area contributed by atoms with Gasteiger partial charge in [0.15, 0.2) is 0 Å². The van der Waals surface area contributed by atoms with E-state index in [0.29, 0.717) is 4.77 Å². The number of rotatable bonds is 0. The van der Waals surface area contributed by atoms with Crippen LogP contribution >= 0.6 is 19.4 Å². The predicted octanol–water partition coefficient (Wildman–Crippen LogP) is 2.54. The maximum absolute atomic E-state index is 10.7. The molecule has 0 spiro atoms. The van der Waals surface area contributed by atoms with Gasteiger partial charge in [-0.15, -0.1) is 0 Å². The van der Waals surface area contributed by atoms with E-state index in [2.05, 4.69) is 0 Å². The molecule has 0 amide bonds. The molecule has 0 aromatic heterocycles. The summed E-state index contributed by atoms with van der Waals surface area (Å²) < 4.78 is 11.2. The van der Waals surface area contributed by atoms with E-state index in [1.165, 1.54) is 0 Å². The van der Waals surface area contributed by atoms with Gasteiger partial charge in [0.2, 0.25) is 0 Å². The molecule has 1 aliphatic rings. The van der Waals surface area contributed by atoms with Crippen molar-refractivity contribution in [2.24, 2.45) is 0 Å². The average molecular weight is 149 g/mol. The minimum Gasteiger partial charge on any atom is -0.317 e. The molecule has 0 aliphatic carbocycles. The molecular weight excluding hydrogens is 142 g/mol. The van der Waals surface area contributed by atoms with Crippen molar-refractivity contribution in [3.05, 3.63) is 22.2 Å². The second-order valence-electron chi connectivity index (χ2n) is 1.69. The maximum atomic E-state index is 10.7. The zero-order valence-electron chi connectivity index (χ0n) is 4.44. The van der Waals surface area contributed by atoms with Crippen LogP contribution in [0.4, 0.5) is 0 Å². The lowest BCUT2D eigenvalue weighted by atomic mass is 10.4. The molecule has 0 fully saturated rings. The normalized spacial score (nSPS) is 27.5. The molecule has 44 valence electrons. The van der Waals surface area contributed by atoms with E-state index < -0.39 is 7.80 Å². The first-order chi connectivity index (χ1) is 3.72. The molecule has 1 rings (SSSR count). The molecule has 1 unspecified atom stereocenters. The van der Waals surface area contributed by atoms with Gasteiger partial charge >= 0.3 is 0 Å². The number of allylic oxidation sites excluding steroid dienone is 2. The SMILES string of the molecule is CC1=C(Cl)[PH](=O)C=C1. The third kappa shape index (κ3) is 0.888. The highest BCUT2D eigenvalue weighted by atomic mass is 35.5. The first kappa shape index (κ1) is 6.12. The Balaban J connectivity index is 3.02. The Morgan fingerprint density at radius 2 is 2.38 bits per heavy atom. The molecule has 3 heteroatoms. The third-order valence-electron chi connectivity index (χ3n) is 1.05. The summed E-state index contributed by atoms with van der Waals surface area (Å²) in [5.41, 5.74) is 0.940. The number of hydrogen-bond acceptors (Lipinski definition) is 1. The maximum Gasteiger partial charge on any atom is 0.136 e. The van der Waals surface area contributed by atoms with Crippen molar-refractivity contribution in [3.63, 3.8) is 0 Å². The van der Waals surface area contributed by atoms with E-state index in [1.807, 2.05) is 6.92 Å². The van der Waals surface area contributed by atoms with Gasteiger partial charge in [0.25, 0.3) is 0 Å². The zero-order valence-corrected chi connectivity index (χ0v) is 6.20. The van der Waals surface area contributed by atoms with Gasteiger partial charge in [0.1, 0.15) is 7.80 Å². The fourth-order valence-corrected chi connectivity index (χ4v) is 1.81. The van der Waals surface area contributed by atoms with Gasteiger partial charge in [-0.2, -0.15) is 0 Å². The Bertz CT molecular complexity index is 189. The zero-order chi connectivity index (χ0) is 6.15. The summed E-state index contributed by atoms with van der Waals surface area (Å²) in [5, 5.41) is 0. The first-order valence-electron chi connectivity index (χ1n) is 2.30. The van der Waals surface area contributed by atoms with Crippen LogP contribution in [0.1, 0.15) is 6.92 Å². The van der Waals surface area contributed by atoms with Gasteiger partial charge in [-0.1, -0.05) is 17.7 Å². The standard InChI is InChI=1S/C5H6ClOP/c1-4-2-3-8(7)5(4)6/h2-3,8H,1H3. The quantitative estimate of drug-likeness (QED) is 0.483. The summed E-state index contributed by atoms with van der Waals surface area (Å²) in [7, 11) is -1.67. The molecule has 1 aliphatic heterocycles. The Morgan fingerprint density at radius 1 is 1.75 bits per heavy atom. The summed E-state index contributed by atoms with van der Waals surface area (Å²) in [4.78, 5) is 0. The van der Waals surface area contributed by atoms with Crippen LogP contribution in [0, 0.1) is 0 Å². The van der Waals surface area contributed by atoms with Gasteiger partial charge in [-0.3, -0.25) is 0 Å². The smallest absolute Gasteiger partial charge is 0.136 e. The fraction of sp³-hybridized carbons (Fsp3) is 0.200. The third-order valence-corrected chi connectivity index (χ3v) is 3.20. The highest BCUT2D eigenvalue weighted by Gasteiger charge is 2.08. The number of halogens is 1. The van der Waals surface area contributed by atoms with Crippen molar-refractivity contribution in [1.82, 2.24) is 0 Å². The molecule has 0 saturated heterocycles. The minimum atomic E-state index is -1.67. The highest BCUT2D eigenvalue weighted by Crippen LogP contribution is 2.44. The van der Waals surface area contributed by atoms with Gasteiger partial charge in [-0.05, 0) is 18.3 Å². The van der Waals surface area contributed by atoms with Crippen LogP contribution in [0.3, 0.4) is 0 Å². The number of hydrogen-bond donors (Lipinski definition) is 0. The van der Waals surface area contributed by atoms with Crippen molar-refractivity contribution in [2.75, 3.05) is 0 Å². The van der Waals surface area contributed by atoms with Crippen molar-refractivity contribution in [3.8, 4) is 0 Å². The van der Waals surface area contributed by atoms with Gasteiger partial charge in [0.05, 0.1) is 4.77 Å². The Kier molecular flexibility index (Phi) is 1.59. The molecule has 0 saturated carbocycles. The van der Waals surface area contributed by atoms with E-state index >= 15 is 0 Å². The minimum absolute atomic E-state index is 0.537. The lowest BCUT2D eigenvalue weighted by Crippen LogP contribution is -1.59. The van der Waals surface area contributed by atoms with Gasteiger partial charge in [-0.25, -0.2) is 0 Å². The Morgan fingerprint density at radius 3 is 2.50 bits per heavy atom. The molecule has 0 radical (unpaired) electrons. The van der Waals surface area contributed by atoms with Crippen LogP contribution < -0.4 is 0 Å². The molecule has 0 bridgehead atoms. The van der Waals surface area contributed by atoms with E-state index in [4.69, 9.17) is 11.6 Å². The van der Waals surface area contributed by atoms with Gasteiger partial charge in [0, 0.05) is 0 Å². The summed E-state index contributed by atoms with van der Waals surface area (Å²) in [6, 6.07) is 0. The summed E-state index contributed by atoms with van der Waals surface area (Å²) in [6.45, 7) is 1.86. The van der Waals surface area contributed by atoms with E-state index in [1.54, 1.807) is 11.9 Å². The van der Waals surface area contributed by atoms with E-state index in [9.17, 15) is 4.57 Å². The van der Waals surface area contributed by atoms with Gasteiger partial charge < -0.3 is 4.57 Å². The Labute approximate surface area is 53.8 Å². The van der Waals surface area contributed by atoms with E-state index in [-0.39, 0.29) is 0 Å². The van der Waals surface area contributed by atoms with Crippen LogP contribution in [0.2, 0.25) is 0 Å². The molecule has 1 heterocycles. The molecule has 8 heavy (non-hydrogen) atoms. The molecule has 1 atom stereocenters. The highest BCUT2D eigenvalue weighted by molar-refractivity contribution is 7.56. The average Bonchev–Trinajstić information content (AvgIpc) is 1.98. The predicted molar refractivity (Wildman–Crippen MR) is 36.7 cm³/mol. The van der Waals surface area contributed by atoms with E-state index in [0.717, 1.165) is 5.57 Å². The van der Waals surface area contributed by atoms with Crippen LogP contribution in [0.15, 0.2) is 22.2 Å². The summed E-state index contributed by atoms with van der Waals surface area (Å²) in [6.07, 6.45) is 1.80. The first-order valence-corrected chi connectivity index (χ1v) is 4.17. The van der Waals surface area contributed by atoms with Crippen LogP contribution in [-0.4, -0.2) is 0 Å². The van der Waals surface area contributed by atoms with Crippen LogP contribution in [0.25, 0.3) is 0 Å². The van der Waals surface area contributed by atoms with Crippen molar-refractivity contribution in [1.29, 1.82) is 0 Å². The Hall–Kier alpha value is -0.0000000000000000555. The fourth-order valence-electron chi connectivity index (χ4n) is 0.541. The monoisotopic (exact) mass is 148 g/mol.